The molecule has 1 unspecified atom stereocenters. The maximum absolute atomic E-state index is 12.4. The largest absolute Gasteiger partial charge is 0.497 e. The summed E-state index contributed by atoms with van der Waals surface area (Å²) in [5.41, 5.74) is 1.04. The van der Waals surface area contributed by atoms with Crippen molar-refractivity contribution in [3.8, 4) is 5.75 Å². The first kappa shape index (κ1) is 17.7. The van der Waals surface area contributed by atoms with Gasteiger partial charge in [-0.05, 0) is 36.4 Å². The van der Waals surface area contributed by atoms with Crippen LogP contribution in [0, 0.1) is 0 Å². The smallest absolute Gasteiger partial charge is 0.237 e. The molecule has 0 saturated heterocycles. The zero-order valence-electron chi connectivity index (χ0n) is 13.4. The van der Waals surface area contributed by atoms with Crippen molar-refractivity contribution in [2.75, 3.05) is 23.5 Å². The molecule has 1 atom stereocenters. The molecule has 7 heteroatoms. The maximum Gasteiger partial charge on any atom is 0.237 e. The summed E-state index contributed by atoms with van der Waals surface area (Å²) in [6.07, 6.45) is 0. The van der Waals surface area contributed by atoms with E-state index in [2.05, 4.69) is 10.6 Å². The van der Waals surface area contributed by atoms with Gasteiger partial charge >= 0.3 is 0 Å². The second-order valence-corrected chi connectivity index (χ2v) is 6.36. The highest BCUT2D eigenvalue weighted by atomic mass is 32.2. The lowest BCUT2D eigenvalue weighted by atomic mass is 10.3. The zero-order chi connectivity index (χ0) is 17.5. The molecule has 24 heavy (non-hydrogen) atoms. The van der Waals surface area contributed by atoms with Crippen molar-refractivity contribution < 1.29 is 18.5 Å². The predicted octanol–water partition coefficient (Wildman–Crippen LogP) is 2.40. The SMILES string of the molecule is COc1ccc(NC(=O)CS(=O)c2ccccc2NC(C)=O)cc1. The zero-order valence-corrected chi connectivity index (χ0v) is 14.2. The molecule has 0 aliphatic rings. The molecular weight excluding hydrogens is 328 g/mol. The highest BCUT2D eigenvalue weighted by Crippen LogP contribution is 2.20. The van der Waals surface area contributed by atoms with Crippen molar-refractivity contribution in [2.24, 2.45) is 0 Å². The molecule has 2 rings (SSSR count). The van der Waals surface area contributed by atoms with Crippen LogP contribution in [0.4, 0.5) is 11.4 Å². The number of anilines is 2. The first-order chi connectivity index (χ1) is 11.5. The van der Waals surface area contributed by atoms with Crippen molar-refractivity contribution in [2.45, 2.75) is 11.8 Å². The van der Waals surface area contributed by atoms with Crippen LogP contribution in [-0.4, -0.2) is 28.9 Å². The summed E-state index contributed by atoms with van der Waals surface area (Å²) < 4.78 is 17.5. The lowest BCUT2D eigenvalue weighted by molar-refractivity contribution is -0.114. The fourth-order valence-corrected chi connectivity index (χ4v) is 3.09. The quantitative estimate of drug-likeness (QED) is 0.841. The molecule has 0 aromatic heterocycles. The molecule has 0 bridgehead atoms. The Balaban J connectivity index is 2.03. The van der Waals surface area contributed by atoms with E-state index in [1.54, 1.807) is 55.6 Å². The molecule has 0 heterocycles. The minimum atomic E-state index is -1.57. The van der Waals surface area contributed by atoms with Gasteiger partial charge in [0.25, 0.3) is 0 Å². The van der Waals surface area contributed by atoms with Crippen LogP contribution in [0.5, 0.6) is 5.75 Å². The Morgan fingerprint density at radius 1 is 1.04 bits per heavy atom. The van der Waals surface area contributed by atoms with Crippen LogP contribution >= 0.6 is 0 Å². The Labute approximate surface area is 142 Å². The van der Waals surface area contributed by atoms with E-state index in [0.29, 0.717) is 22.0 Å². The predicted molar refractivity (Wildman–Crippen MR) is 93.6 cm³/mol. The minimum absolute atomic E-state index is 0.206. The fourth-order valence-electron chi connectivity index (χ4n) is 2.03. The highest BCUT2D eigenvalue weighted by Gasteiger charge is 2.14. The van der Waals surface area contributed by atoms with Crippen molar-refractivity contribution >= 4 is 34.0 Å². The van der Waals surface area contributed by atoms with Gasteiger partial charge in [0.1, 0.15) is 11.5 Å². The first-order valence-electron chi connectivity index (χ1n) is 7.18. The van der Waals surface area contributed by atoms with Gasteiger partial charge in [-0.2, -0.15) is 0 Å². The Morgan fingerprint density at radius 3 is 2.33 bits per heavy atom. The van der Waals surface area contributed by atoms with Gasteiger partial charge in [-0.3, -0.25) is 13.8 Å². The lowest BCUT2D eigenvalue weighted by Crippen LogP contribution is -2.20. The van der Waals surface area contributed by atoms with Crippen LogP contribution in [0.2, 0.25) is 0 Å². The first-order valence-corrected chi connectivity index (χ1v) is 8.50. The molecule has 0 aliphatic heterocycles. The second-order valence-electron chi connectivity index (χ2n) is 4.94. The number of rotatable bonds is 6. The number of hydrogen-bond acceptors (Lipinski definition) is 4. The van der Waals surface area contributed by atoms with Gasteiger partial charge in [-0.15, -0.1) is 0 Å². The molecule has 2 amide bonds. The summed E-state index contributed by atoms with van der Waals surface area (Å²) in [4.78, 5) is 23.7. The Kier molecular flexibility index (Phi) is 6.08. The van der Waals surface area contributed by atoms with Crippen molar-refractivity contribution in [1.82, 2.24) is 0 Å². The van der Waals surface area contributed by atoms with Crippen LogP contribution in [0.25, 0.3) is 0 Å². The number of hydrogen-bond donors (Lipinski definition) is 2. The van der Waals surface area contributed by atoms with Crippen molar-refractivity contribution in [3.63, 3.8) is 0 Å². The molecule has 0 radical (unpaired) electrons. The summed E-state index contributed by atoms with van der Waals surface area (Å²) >= 11 is 0. The summed E-state index contributed by atoms with van der Waals surface area (Å²) in [5.74, 6) is -0.165. The maximum atomic E-state index is 12.4. The van der Waals surface area contributed by atoms with E-state index in [4.69, 9.17) is 4.74 Å². The average Bonchev–Trinajstić information content (AvgIpc) is 2.55. The number of carbonyl (C=O) groups is 2. The molecule has 0 spiro atoms. The molecule has 6 nitrogen and oxygen atoms in total. The monoisotopic (exact) mass is 346 g/mol. The molecule has 2 aromatic carbocycles. The van der Waals surface area contributed by atoms with Crippen LogP contribution < -0.4 is 15.4 Å². The lowest BCUT2D eigenvalue weighted by Gasteiger charge is -2.10. The van der Waals surface area contributed by atoms with Crippen LogP contribution in [0.15, 0.2) is 53.4 Å². The number of amides is 2. The van der Waals surface area contributed by atoms with Gasteiger partial charge in [0, 0.05) is 12.6 Å². The van der Waals surface area contributed by atoms with Crippen LogP contribution in [0.1, 0.15) is 6.92 Å². The van der Waals surface area contributed by atoms with Crippen LogP contribution in [-0.2, 0) is 20.4 Å². The minimum Gasteiger partial charge on any atom is -0.497 e. The third-order valence-electron chi connectivity index (χ3n) is 3.08. The van der Waals surface area contributed by atoms with Gasteiger partial charge in [0.2, 0.25) is 11.8 Å². The highest BCUT2D eigenvalue weighted by molar-refractivity contribution is 7.86. The van der Waals surface area contributed by atoms with Gasteiger partial charge < -0.3 is 15.4 Å². The molecule has 126 valence electrons. The van der Waals surface area contributed by atoms with Crippen molar-refractivity contribution in [3.05, 3.63) is 48.5 Å². The Morgan fingerprint density at radius 2 is 1.71 bits per heavy atom. The Bertz CT molecular complexity index is 759. The van der Waals surface area contributed by atoms with E-state index in [-0.39, 0.29) is 17.6 Å². The molecular formula is C17H18N2O4S. The third-order valence-corrected chi connectivity index (χ3v) is 4.45. The molecule has 0 saturated carbocycles. The van der Waals surface area contributed by atoms with Gasteiger partial charge in [-0.25, -0.2) is 0 Å². The van der Waals surface area contributed by atoms with E-state index in [0.717, 1.165) is 0 Å². The number of benzene rings is 2. The molecule has 0 aliphatic carbocycles. The van der Waals surface area contributed by atoms with E-state index in [1.165, 1.54) is 6.92 Å². The average molecular weight is 346 g/mol. The van der Waals surface area contributed by atoms with E-state index in [9.17, 15) is 13.8 Å². The summed E-state index contributed by atoms with van der Waals surface area (Å²) in [6, 6.07) is 13.6. The molecule has 0 fully saturated rings. The number of methoxy groups -OCH3 is 1. The van der Waals surface area contributed by atoms with E-state index in [1.807, 2.05) is 0 Å². The van der Waals surface area contributed by atoms with E-state index >= 15 is 0 Å². The fraction of sp³-hybridized carbons (Fsp3) is 0.176. The standard InChI is InChI=1S/C17H18N2O4S/c1-12(20)18-15-5-3-4-6-16(15)24(22)11-17(21)19-13-7-9-14(23-2)10-8-13/h3-10H,11H2,1-2H3,(H,18,20)(H,19,21). The molecule has 2 N–H and O–H groups in total. The number of nitrogens with one attached hydrogen (secondary N) is 2. The summed E-state index contributed by atoms with van der Waals surface area (Å²) in [5, 5.41) is 5.29. The Hall–Kier alpha value is -2.67. The second kappa shape index (κ2) is 8.26. The normalized spacial score (nSPS) is 11.4. The van der Waals surface area contributed by atoms with Gasteiger partial charge in [-0.1, -0.05) is 12.1 Å². The number of para-hydroxylation sites is 1. The van der Waals surface area contributed by atoms with E-state index < -0.39 is 10.8 Å². The topological polar surface area (TPSA) is 84.5 Å². The summed E-state index contributed by atoms with van der Waals surface area (Å²) in [6.45, 7) is 1.37. The molecule has 2 aromatic rings. The van der Waals surface area contributed by atoms with Gasteiger partial charge in [0.05, 0.1) is 28.5 Å². The van der Waals surface area contributed by atoms with Crippen LogP contribution in [0.3, 0.4) is 0 Å². The number of ether oxygens (including phenoxy) is 1. The van der Waals surface area contributed by atoms with Gasteiger partial charge in [0.15, 0.2) is 0 Å². The summed E-state index contributed by atoms with van der Waals surface area (Å²) in [7, 11) is -0.0138. The number of carbonyl (C=O) groups excluding carboxylic acids is 2. The third kappa shape index (κ3) is 4.92. The van der Waals surface area contributed by atoms with Crippen molar-refractivity contribution in [1.29, 1.82) is 0 Å².